The molecule has 23 heavy (non-hydrogen) atoms. The molecular weight excluding hydrogens is 326 g/mol. The Labute approximate surface area is 146 Å². The van der Waals surface area contributed by atoms with Gasteiger partial charge in [-0.1, -0.05) is 6.92 Å². The molecule has 0 amide bonds. The summed E-state index contributed by atoms with van der Waals surface area (Å²) in [7, 11) is 2.05. The molecule has 0 saturated carbocycles. The van der Waals surface area contributed by atoms with Crippen molar-refractivity contribution >= 4 is 28.6 Å². The molecule has 0 unspecified atom stereocenters. The molecule has 1 N–H and O–H groups in total. The first kappa shape index (κ1) is 17.9. The lowest BCUT2D eigenvalue weighted by atomic mass is 10.3. The molecule has 7 heteroatoms. The minimum atomic E-state index is 0.746. The van der Waals surface area contributed by atoms with Crippen molar-refractivity contribution in [2.45, 2.75) is 40.2 Å². The van der Waals surface area contributed by atoms with Gasteiger partial charge in [0.15, 0.2) is 5.96 Å². The van der Waals surface area contributed by atoms with Gasteiger partial charge in [-0.25, -0.2) is 9.97 Å². The van der Waals surface area contributed by atoms with Gasteiger partial charge in [0.1, 0.15) is 0 Å². The van der Waals surface area contributed by atoms with E-state index in [1.54, 1.807) is 22.7 Å². The van der Waals surface area contributed by atoms with Crippen LogP contribution in [-0.2, 0) is 19.4 Å². The molecule has 2 heterocycles. The van der Waals surface area contributed by atoms with Gasteiger partial charge in [-0.15, -0.1) is 22.7 Å². The summed E-state index contributed by atoms with van der Waals surface area (Å²) in [5.41, 5.74) is 2.23. The summed E-state index contributed by atoms with van der Waals surface area (Å²) in [4.78, 5) is 16.0. The standard InChI is InChI=1S/C16H25N5S2/c1-5-15-20-13(10-23-15)7-8-18-16(17-6-2)21(4)9-14-11-22-12(3)19-14/h10-11H,5-9H2,1-4H3,(H,17,18). The molecule has 0 aliphatic heterocycles. The SMILES string of the molecule is CCNC(=NCCc1csc(CC)n1)N(C)Cc1csc(C)n1. The maximum absolute atomic E-state index is 4.72. The first-order valence-electron chi connectivity index (χ1n) is 7.96. The highest BCUT2D eigenvalue weighted by molar-refractivity contribution is 7.09. The highest BCUT2D eigenvalue weighted by atomic mass is 32.1. The molecule has 0 aliphatic rings. The molecule has 0 aliphatic carbocycles. The molecule has 0 radical (unpaired) electrons. The van der Waals surface area contributed by atoms with Gasteiger partial charge in [0, 0.05) is 37.3 Å². The predicted octanol–water partition coefficient (Wildman–Crippen LogP) is 3.11. The topological polar surface area (TPSA) is 53.4 Å². The van der Waals surface area contributed by atoms with Crippen molar-refractivity contribution in [2.24, 2.45) is 4.99 Å². The van der Waals surface area contributed by atoms with E-state index in [-0.39, 0.29) is 0 Å². The zero-order chi connectivity index (χ0) is 16.7. The number of rotatable bonds is 7. The number of nitrogens with zero attached hydrogens (tertiary/aromatic N) is 4. The van der Waals surface area contributed by atoms with Crippen LogP contribution in [0.2, 0.25) is 0 Å². The normalized spacial score (nSPS) is 11.7. The molecule has 0 spiro atoms. The van der Waals surface area contributed by atoms with Crippen LogP contribution in [0, 0.1) is 6.92 Å². The van der Waals surface area contributed by atoms with Gasteiger partial charge >= 0.3 is 0 Å². The lowest BCUT2D eigenvalue weighted by Gasteiger charge is -2.21. The Kier molecular flexibility index (Phi) is 6.98. The largest absolute Gasteiger partial charge is 0.357 e. The van der Waals surface area contributed by atoms with Gasteiger partial charge in [-0.05, 0) is 20.3 Å². The Balaban J connectivity index is 1.92. The molecule has 126 valence electrons. The molecule has 0 fully saturated rings. The Bertz CT molecular complexity index is 632. The second kappa shape index (κ2) is 8.98. The van der Waals surface area contributed by atoms with E-state index in [2.05, 4.69) is 44.8 Å². The number of hydrogen-bond donors (Lipinski definition) is 1. The van der Waals surface area contributed by atoms with Crippen LogP contribution in [0.5, 0.6) is 0 Å². The van der Waals surface area contributed by atoms with Crippen molar-refractivity contribution in [3.05, 3.63) is 32.2 Å². The van der Waals surface area contributed by atoms with E-state index in [0.717, 1.165) is 54.8 Å². The Morgan fingerprint density at radius 2 is 2.00 bits per heavy atom. The van der Waals surface area contributed by atoms with Crippen LogP contribution in [0.4, 0.5) is 0 Å². The van der Waals surface area contributed by atoms with E-state index in [1.165, 1.54) is 5.01 Å². The van der Waals surface area contributed by atoms with Crippen LogP contribution in [-0.4, -0.2) is 41.0 Å². The van der Waals surface area contributed by atoms with Gasteiger partial charge in [0.05, 0.1) is 27.9 Å². The number of nitrogens with one attached hydrogen (secondary N) is 1. The average molecular weight is 352 g/mol. The fourth-order valence-electron chi connectivity index (χ4n) is 2.17. The van der Waals surface area contributed by atoms with Crippen LogP contribution in [0.25, 0.3) is 0 Å². The molecule has 5 nitrogen and oxygen atoms in total. The van der Waals surface area contributed by atoms with Gasteiger partial charge < -0.3 is 10.2 Å². The fourth-order valence-corrected chi connectivity index (χ4v) is 3.55. The summed E-state index contributed by atoms with van der Waals surface area (Å²) in [6, 6.07) is 0. The Hall–Kier alpha value is -1.47. The molecule has 2 aromatic rings. The molecule has 0 aromatic carbocycles. The number of aryl methyl sites for hydroxylation is 2. The first-order chi connectivity index (χ1) is 11.1. The smallest absolute Gasteiger partial charge is 0.194 e. The highest BCUT2D eigenvalue weighted by Crippen LogP contribution is 2.11. The number of thiazole rings is 2. The number of aromatic nitrogens is 2. The lowest BCUT2D eigenvalue weighted by Crippen LogP contribution is -2.38. The Morgan fingerprint density at radius 3 is 2.61 bits per heavy atom. The van der Waals surface area contributed by atoms with Crippen molar-refractivity contribution in [2.75, 3.05) is 20.1 Å². The van der Waals surface area contributed by atoms with Crippen molar-refractivity contribution in [3.8, 4) is 0 Å². The number of hydrogen-bond acceptors (Lipinski definition) is 5. The van der Waals surface area contributed by atoms with Gasteiger partial charge in [-0.3, -0.25) is 4.99 Å². The average Bonchev–Trinajstić information content (AvgIpc) is 3.15. The van der Waals surface area contributed by atoms with E-state index in [9.17, 15) is 0 Å². The lowest BCUT2D eigenvalue weighted by molar-refractivity contribution is 0.471. The minimum absolute atomic E-state index is 0.746. The molecule has 0 atom stereocenters. The zero-order valence-electron chi connectivity index (χ0n) is 14.3. The maximum atomic E-state index is 4.72. The number of aliphatic imine (C=N–C) groups is 1. The predicted molar refractivity (Wildman–Crippen MR) is 99.5 cm³/mol. The summed E-state index contributed by atoms with van der Waals surface area (Å²) in [6.07, 6.45) is 1.89. The Morgan fingerprint density at radius 1 is 1.22 bits per heavy atom. The molecule has 0 bridgehead atoms. The van der Waals surface area contributed by atoms with E-state index in [1.807, 2.05) is 14.0 Å². The quantitative estimate of drug-likeness (QED) is 0.615. The summed E-state index contributed by atoms with van der Waals surface area (Å²) in [5, 5.41) is 9.90. The van der Waals surface area contributed by atoms with Crippen molar-refractivity contribution < 1.29 is 0 Å². The molecule has 2 rings (SSSR count). The van der Waals surface area contributed by atoms with Gasteiger partial charge in [0.2, 0.25) is 0 Å². The van der Waals surface area contributed by atoms with Crippen LogP contribution < -0.4 is 5.32 Å². The summed E-state index contributed by atoms with van der Waals surface area (Å²) >= 11 is 3.42. The minimum Gasteiger partial charge on any atom is -0.357 e. The first-order valence-corrected chi connectivity index (χ1v) is 9.72. The van der Waals surface area contributed by atoms with Crippen LogP contribution in [0.1, 0.15) is 35.3 Å². The monoisotopic (exact) mass is 351 g/mol. The number of guanidine groups is 1. The third-order valence-corrected chi connectivity index (χ3v) is 5.16. The van der Waals surface area contributed by atoms with E-state index in [4.69, 9.17) is 4.99 Å². The highest BCUT2D eigenvalue weighted by Gasteiger charge is 2.08. The van der Waals surface area contributed by atoms with Gasteiger partial charge in [-0.2, -0.15) is 0 Å². The van der Waals surface area contributed by atoms with Crippen molar-refractivity contribution in [1.82, 2.24) is 20.2 Å². The zero-order valence-corrected chi connectivity index (χ0v) is 15.9. The van der Waals surface area contributed by atoms with Crippen LogP contribution >= 0.6 is 22.7 Å². The second-order valence-corrected chi connectivity index (χ2v) is 7.29. The molecular formula is C16H25N5S2. The summed E-state index contributed by atoms with van der Waals surface area (Å²) < 4.78 is 0. The fraction of sp³-hybridized carbons (Fsp3) is 0.562. The van der Waals surface area contributed by atoms with Crippen LogP contribution in [0.15, 0.2) is 15.8 Å². The third kappa shape index (κ3) is 5.58. The van der Waals surface area contributed by atoms with E-state index in [0.29, 0.717) is 0 Å². The van der Waals surface area contributed by atoms with Crippen molar-refractivity contribution in [3.63, 3.8) is 0 Å². The van der Waals surface area contributed by atoms with Crippen molar-refractivity contribution in [1.29, 1.82) is 0 Å². The summed E-state index contributed by atoms with van der Waals surface area (Å²) in [6.45, 7) is 8.63. The molecule has 2 aromatic heterocycles. The molecule has 0 saturated heterocycles. The van der Waals surface area contributed by atoms with Gasteiger partial charge in [0.25, 0.3) is 0 Å². The van der Waals surface area contributed by atoms with E-state index >= 15 is 0 Å². The second-order valence-electron chi connectivity index (χ2n) is 5.29. The van der Waals surface area contributed by atoms with Crippen LogP contribution in [0.3, 0.4) is 0 Å². The summed E-state index contributed by atoms with van der Waals surface area (Å²) in [5.74, 6) is 0.920. The third-order valence-electron chi connectivity index (χ3n) is 3.29. The van der Waals surface area contributed by atoms with E-state index < -0.39 is 0 Å². The maximum Gasteiger partial charge on any atom is 0.194 e.